The van der Waals surface area contributed by atoms with Crippen LogP contribution in [0.2, 0.25) is 0 Å². The van der Waals surface area contributed by atoms with Crippen molar-refractivity contribution in [3.05, 3.63) is 41.2 Å². The molecule has 11 heteroatoms. The van der Waals surface area contributed by atoms with E-state index >= 15 is 0 Å². The summed E-state index contributed by atoms with van der Waals surface area (Å²) < 4.78 is 0. The van der Waals surface area contributed by atoms with Gasteiger partial charge in [0, 0.05) is 71.1 Å². The van der Waals surface area contributed by atoms with E-state index in [-0.39, 0.29) is 17.8 Å². The van der Waals surface area contributed by atoms with Gasteiger partial charge < -0.3 is 31.1 Å². The Hall–Kier alpha value is -3.44. The number of aromatic nitrogens is 2. The Morgan fingerprint density at radius 1 is 1.14 bits per heavy atom. The van der Waals surface area contributed by atoms with Crippen molar-refractivity contribution in [3.8, 4) is 0 Å². The van der Waals surface area contributed by atoms with Gasteiger partial charge in [0.15, 0.2) is 11.5 Å². The number of likely N-dealkylation sites (N-methyl/N-ethyl adjacent to an activating group) is 1. The standard InChI is InChI=1S/C25H33N9O2/c1-31-7-8-34(25(31)36)19-3-2-6-32(15-19)21-12-28-22(23(26)35)24(30-21)29-18-5-4-16-13-33(14-17(16)9-18)20-10-27-11-20/h4-5,9,12,19-20,27H,2-3,6-8,10-11,13-15H2,1H3,(H2,26,35)(H,29,30)/t19-/m1/s1. The van der Waals surface area contributed by atoms with Gasteiger partial charge in [-0.15, -0.1) is 0 Å². The lowest BCUT2D eigenvalue weighted by atomic mass is 10.0. The van der Waals surface area contributed by atoms with E-state index in [1.54, 1.807) is 11.1 Å². The molecule has 11 nitrogen and oxygen atoms in total. The predicted molar refractivity (Wildman–Crippen MR) is 136 cm³/mol. The molecule has 1 atom stereocenters. The van der Waals surface area contributed by atoms with Gasteiger partial charge in [0.2, 0.25) is 0 Å². The zero-order valence-electron chi connectivity index (χ0n) is 20.6. The first-order valence-corrected chi connectivity index (χ1v) is 12.7. The van der Waals surface area contributed by atoms with Gasteiger partial charge in [0.25, 0.3) is 5.91 Å². The summed E-state index contributed by atoms with van der Waals surface area (Å²) in [7, 11) is 1.84. The molecule has 0 saturated carbocycles. The number of hydrogen-bond acceptors (Lipinski definition) is 8. The van der Waals surface area contributed by atoms with Crippen LogP contribution in [0.15, 0.2) is 24.4 Å². The Morgan fingerprint density at radius 2 is 1.97 bits per heavy atom. The lowest BCUT2D eigenvalue weighted by Crippen LogP contribution is -2.55. The molecule has 3 saturated heterocycles. The van der Waals surface area contributed by atoms with E-state index in [2.05, 4.69) is 37.6 Å². The normalized spacial score (nSPS) is 22.6. The van der Waals surface area contributed by atoms with Gasteiger partial charge in [-0.1, -0.05) is 6.07 Å². The van der Waals surface area contributed by atoms with Gasteiger partial charge in [-0.2, -0.15) is 0 Å². The molecule has 0 unspecified atom stereocenters. The van der Waals surface area contributed by atoms with E-state index in [0.29, 0.717) is 24.2 Å². The highest BCUT2D eigenvalue weighted by Gasteiger charge is 2.35. The number of anilines is 3. The van der Waals surface area contributed by atoms with Gasteiger partial charge in [-0.3, -0.25) is 9.69 Å². The average Bonchev–Trinajstić information content (AvgIpc) is 3.40. The highest BCUT2D eigenvalue weighted by Crippen LogP contribution is 2.30. The number of hydrogen-bond donors (Lipinski definition) is 3. The summed E-state index contributed by atoms with van der Waals surface area (Å²) >= 11 is 0. The molecule has 190 valence electrons. The Bertz CT molecular complexity index is 1180. The Balaban J connectivity index is 1.21. The molecule has 36 heavy (non-hydrogen) atoms. The van der Waals surface area contributed by atoms with Crippen molar-refractivity contribution in [2.75, 3.05) is 56.5 Å². The first kappa shape index (κ1) is 23.0. The summed E-state index contributed by atoms with van der Waals surface area (Å²) in [5, 5.41) is 6.65. The second-order valence-electron chi connectivity index (χ2n) is 10.3. The molecule has 0 radical (unpaired) electrons. The maximum Gasteiger partial charge on any atom is 0.320 e. The third-order valence-corrected chi connectivity index (χ3v) is 7.90. The molecule has 0 spiro atoms. The molecular formula is C25H33N9O2. The zero-order chi connectivity index (χ0) is 24.8. The first-order valence-electron chi connectivity index (χ1n) is 12.7. The SMILES string of the molecule is CN1CCN([C@@H]2CCCN(c3cnc(C(N)=O)c(Nc4ccc5c(c4)CN(C4CNC4)C5)n3)C2)C1=O. The number of amides is 3. The van der Waals surface area contributed by atoms with Crippen molar-refractivity contribution >= 4 is 29.3 Å². The number of nitrogens with zero attached hydrogens (tertiary/aromatic N) is 6. The third-order valence-electron chi connectivity index (χ3n) is 7.90. The van der Waals surface area contributed by atoms with E-state index < -0.39 is 5.91 Å². The Kier molecular flexibility index (Phi) is 5.88. The average molecular weight is 492 g/mol. The van der Waals surface area contributed by atoms with Crippen LogP contribution in [0.1, 0.15) is 34.5 Å². The van der Waals surface area contributed by atoms with Crippen LogP contribution in [0, 0.1) is 0 Å². The number of rotatable bonds is 6. The predicted octanol–water partition coefficient (Wildman–Crippen LogP) is 0.943. The van der Waals surface area contributed by atoms with Crippen LogP contribution >= 0.6 is 0 Å². The number of primary amides is 1. The van der Waals surface area contributed by atoms with Crippen molar-refractivity contribution in [2.24, 2.45) is 5.73 Å². The van der Waals surface area contributed by atoms with Gasteiger partial charge in [0.05, 0.1) is 12.2 Å². The number of carbonyl (C=O) groups excluding carboxylic acids is 2. The number of benzene rings is 1. The molecule has 4 aliphatic heterocycles. The monoisotopic (exact) mass is 491 g/mol. The molecular weight excluding hydrogens is 458 g/mol. The van der Waals surface area contributed by atoms with Crippen molar-refractivity contribution in [3.63, 3.8) is 0 Å². The first-order chi connectivity index (χ1) is 17.5. The van der Waals surface area contributed by atoms with Crippen LogP contribution in [0.5, 0.6) is 0 Å². The molecule has 6 rings (SSSR count). The van der Waals surface area contributed by atoms with E-state index in [1.807, 2.05) is 18.0 Å². The fraction of sp³-hybridized carbons (Fsp3) is 0.520. The summed E-state index contributed by atoms with van der Waals surface area (Å²) in [6.45, 7) is 7.00. The summed E-state index contributed by atoms with van der Waals surface area (Å²) in [5.41, 5.74) is 9.24. The number of carbonyl (C=O) groups is 2. The van der Waals surface area contributed by atoms with Crippen molar-refractivity contribution in [2.45, 2.75) is 38.0 Å². The minimum Gasteiger partial charge on any atom is -0.364 e. The third kappa shape index (κ3) is 4.22. The summed E-state index contributed by atoms with van der Waals surface area (Å²) in [4.78, 5) is 42.2. The second kappa shape index (κ2) is 9.21. The molecule has 5 heterocycles. The minimum atomic E-state index is -0.622. The molecule has 1 aromatic carbocycles. The second-order valence-corrected chi connectivity index (χ2v) is 10.3. The maximum atomic E-state index is 12.5. The number of urea groups is 1. The van der Waals surface area contributed by atoms with Crippen LogP contribution in [0.25, 0.3) is 0 Å². The molecule has 3 fully saturated rings. The number of nitrogens with one attached hydrogen (secondary N) is 2. The van der Waals surface area contributed by atoms with Crippen LogP contribution in [0.4, 0.5) is 22.1 Å². The highest BCUT2D eigenvalue weighted by molar-refractivity contribution is 5.96. The number of nitrogens with two attached hydrogens (primary N) is 1. The molecule has 0 aliphatic carbocycles. The van der Waals surface area contributed by atoms with Crippen molar-refractivity contribution in [1.29, 1.82) is 0 Å². The van der Waals surface area contributed by atoms with Crippen LogP contribution in [-0.2, 0) is 13.1 Å². The van der Waals surface area contributed by atoms with Crippen LogP contribution in [-0.4, -0.2) is 95.0 Å². The van der Waals surface area contributed by atoms with Crippen molar-refractivity contribution < 1.29 is 9.59 Å². The fourth-order valence-corrected chi connectivity index (χ4v) is 5.65. The lowest BCUT2D eigenvalue weighted by Gasteiger charge is -2.37. The van der Waals surface area contributed by atoms with Gasteiger partial charge in [-0.05, 0) is 36.1 Å². The lowest BCUT2D eigenvalue weighted by molar-refractivity contribution is 0.0996. The topological polar surface area (TPSA) is 123 Å². The molecule has 1 aromatic heterocycles. The smallest absolute Gasteiger partial charge is 0.320 e. The van der Waals surface area contributed by atoms with Crippen molar-refractivity contribution in [1.82, 2.24) is 30.0 Å². The number of piperidine rings is 1. The summed E-state index contributed by atoms with van der Waals surface area (Å²) in [6.07, 6.45) is 3.54. The van der Waals surface area contributed by atoms with Crippen LogP contribution < -0.4 is 21.3 Å². The van der Waals surface area contributed by atoms with Crippen LogP contribution in [0.3, 0.4) is 0 Å². The minimum absolute atomic E-state index is 0.0862. The summed E-state index contributed by atoms with van der Waals surface area (Å²) in [6, 6.07) is 7.12. The van der Waals surface area contributed by atoms with E-state index in [9.17, 15) is 9.59 Å². The zero-order valence-corrected chi connectivity index (χ0v) is 20.6. The van der Waals surface area contributed by atoms with E-state index in [4.69, 9.17) is 10.7 Å². The van der Waals surface area contributed by atoms with E-state index in [0.717, 1.165) is 64.3 Å². The Labute approximate surface area is 210 Å². The maximum absolute atomic E-state index is 12.5. The van der Waals surface area contributed by atoms with Gasteiger partial charge >= 0.3 is 6.03 Å². The molecule has 2 aromatic rings. The fourth-order valence-electron chi connectivity index (χ4n) is 5.65. The van der Waals surface area contributed by atoms with Gasteiger partial charge in [-0.25, -0.2) is 14.8 Å². The molecule has 3 amide bonds. The highest BCUT2D eigenvalue weighted by atomic mass is 16.2. The molecule has 4 aliphatic rings. The summed E-state index contributed by atoms with van der Waals surface area (Å²) in [5.74, 6) is 0.415. The van der Waals surface area contributed by atoms with Gasteiger partial charge in [0.1, 0.15) is 5.82 Å². The molecule has 4 N–H and O–H groups in total. The quantitative estimate of drug-likeness (QED) is 0.546. The Morgan fingerprint density at radius 3 is 2.69 bits per heavy atom. The largest absolute Gasteiger partial charge is 0.364 e. The van der Waals surface area contributed by atoms with E-state index in [1.165, 1.54) is 11.1 Å². The molecule has 0 bridgehead atoms. The number of fused-ring (bicyclic) bond motifs is 1.